The Hall–Kier alpha value is -1.78. The number of nitrogens with zero attached hydrogens (tertiary/aromatic N) is 1. The maximum absolute atomic E-state index is 12.8. The van der Waals surface area contributed by atoms with Crippen molar-refractivity contribution in [3.05, 3.63) is 52.1 Å². The van der Waals surface area contributed by atoms with E-state index in [1.54, 1.807) is 30.5 Å². The summed E-state index contributed by atoms with van der Waals surface area (Å²) in [6, 6.07) is 8.78. The Morgan fingerprint density at radius 1 is 1.18 bits per heavy atom. The Morgan fingerprint density at radius 3 is 2.50 bits per heavy atom. The molecule has 0 aliphatic heterocycles. The van der Waals surface area contributed by atoms with Crippen LogP contribution in [0.2, 0.25) is 10.0 Å². The number of hydrogen-bond acceptors (Lipinski definition) is 3. The summed E-state index contributed by atoms with van der Waals surface area (Å²) in [6.45, 7) is 0. The molecule has 1 aromatic carbocycles. The van der Waals surface area contributed by atoms with Crippen molar-refractivity contribution in [2.45, 2.75) is 24.7 Å². The van der Waals surface area contributed by atoms with Crippen molar-refractivity contribution >= 4 is 40.6 Å². The van der Waals surface area contributed by atoms with Gasteiger partial charge in [0.2, 0.25) is 5.91 Å². The van der Waals surface area contributed by atoms with Gasteiger partial charge in [0.15, 0.2) is 0 Å². The van der Waals surface area contributed by atoms with E-state index >= 15 is 0 Å². The average Bonchev–Trinajstić information content (AvgIpc) is 2.44. The van der Waals surface area contributed by atoms with Crippen LogP contribution in [0.3, 0.4) is 0 Å². The third kappa shape index (κ3) is 2.64. The first-order chi connectivity index (χ1) is 10.5. The number of anilines is 2. The Bertz CT molecular complexity index is 712. The number of rotatable bonds is 3. The molecule has 22 heavy (non-hydrogen) atoms. The summed E-state index contributed by atoms with van der Waals surface area (Å²) in [5.41, 5.74) is 6.53. The third-order valence-corrected chi connectivity index (χ3v) is 4.90. The Kier molecular flexibility index (Phi) is 3.98. The highest BCUT2D eigenvalue weighted by Gasteiger charge is 2.45. The molecular weight excluding hydrogens is 321 g/mol. The highest BCUT2D eigenvalue weighted by Crippen LogP contribution is 2.45. The first kappa shape index (κ1) is 15.1. The van der Waals surface area contributed by atoms with Gasteiger partial charge in [0.1, 0.15) is 5.82 Å². The van der Waals surface area contributed by atoms with Crippen molar-refractivity contribution in [1.29, 1.82) is 0 Å². The molecule has 114 valence electrons. The Balaban J connectivity index is 1.87. The molecule has 1 aliphatic carbocycles. The molecule has 0 bridgehead atoms. The normalized spacial score (nSPS) is 15.9. The number of nitrogen functional groups attached to an aromatic ring is 1. The van der Waals surface area contributed by atoms with Gasteiger partial charge in [0.05, 0.1) is 27.3 Å². The van der Waals surface area contributed by atoms with E-state index in [-0.39, 0.29) is 5.91 Å². The molecule has 0 spiro atoms. The largest absolute Gasteiger partial charge is 0.384 e. The van der Waals surface area contributed by atoms with Gasteiger partial charge in [-0.25, -0.2) is 4.98 Å². The van der Waals surface area contributed by atoms with E-state index in [0.29, 0.717) is 21.6 Å². The van der Waals surface area contributed by atoms with E-state index < -0.39 is 5.41 Å². The number of nitrogens with two attached hydrogens (primary N) is 1. The molecule has 0 saturated heterocycles. The van der Waals surface area contributed by atoms with Crippen molar-refractivity contribution in [3.8, 4) is 0 Å². The predicted molar refractivity (Wildman–Crippen MR) is 89.3 cm³/mol. The number of aromatic nitrogens is 1. The lowest BCUT2D eigenvalue weighted by Crippen LogP contribution is -2.46. The monoisotopic (exact) mass is 335 g/mol. The van der Waals surface area contributed by atoms with Crippen LogP contribution in [0.4, 0.5) is 11.5 Å². The molecule has 1 aromatic heterocycles. The molecule has 6 heteroatoms. The van der Waals surface area contributed by atoms with Gasteiger partial charge in [-0.05, 0) is 42.7 Å². The van der Waals surface area contributed by atoms with E-state index in [4.69, 9.17) is 28.9 Å². The van der Waals surface area contributed by atoms with E-state index in [1.807, 2.05) is 6.07 Å². The molecule has 0 unspecified atom stereocenters. The molecule has 0 radical (unpaired) electrons. The SMILES string of the molecule is Nc1ccc(NC(=O)C2(c3ccc(Cl)c(Cl)c3)CCC2)cn1. The lowest BCUT2D eigenvalue weighted by Gasteiger charge is -2.40. The van der Waals surface area contributed by atoms with Crippen LogP contribution in [0, 0.1) is 0 Å². The summed E-state index contributed by atoms with van der Waals surface area (Å²) in [5.74, 6) is 0.365. The van der Waals surface area contributed by atoms with Crippen LogP contribution in [0.5, 0.6) is 0 Å². The van der Waals surface area contributed by atoms with E-state index in [2.05, 4.69) is 10.3 Å². The molecule has 0 atom stereocenters. The van der Waals surface area contributed by atoms with Gasteiger partial charge in [0, 0.05) is 0 Å². The maximum Gasteiger partial charge on any atom is 0.235 e. The molecule has 1 aliphatic rings. The zero-order valence-corrected chi connectivity index (χ0v) is 13.3. The number of hydrogen-bond donors (Lipinski definition) is 2. The number of amides is 1. The summed E-state index contributed by atoms with van der Waals surface area (Å²) < 4.78 is 0. The first-order valence-corrected chi connectivity index (χ1v) is 7.75. The molecule has 1 fully saturated rings. The second kappa shape index (κ2) is 5.78. The van der Waals surface area contributed by atoms with E-state index in [0.717, 1.165) is 24.8 Å². The minimum Gasteiger partial charge on any atom is -0.384 e. The van der Waals surface area contributed by atoms with Crippen LogP contribution < -0.4 is 11.1 Å². The molecule has 1 saturated carbocycles. The summed E-state index contributed by atoms with van der Waals surface area (Å²) in [4.78, 5) is 16.7. The average molecular weight is 336 g/mol. The summed E-state index contributed by atoms with van der Waals surface area (Å²) >= 11 is 12.1. The molecule has 2 aromatic rings. The number of benzene rings is 1. The Labute approximate surface area is 138 Å². The number of nitrogens with one attached hydrogen (secondary N) is 1. The van der Waals surface area contributed by atoms with Gasteiger partial charge in [-0.2, -0.15) is 0 Å². The van der Waals surface area contributed by atoms with Gasteiger partial charge in [-0.15, -0.1) is 0 Å². The lowest BCUT2D eigenvalue weighted by molar-refractivity contribution is -0.124. The standard InChI is InChI=1S/C16H15Cl2N3O/c17-12-4-2-10(8-13(12)18)16(6-1-7-16)15(22)21-11-3-5-14(19)20-9-11/h2-5,8-9H,1,6-7H2,(H2,19,20)(H,21,22). The molecule has 1 heterocycles. The molecular formula is C16H15Cl2N3O. The van der Waals surface area contributed by atoms with Crippen molar-refractivity contribution in [3.63, 3.8) is 0 Å². The maximum atomic E-state index is 12.8. The third-order valence-electron chi connectivity index (χ3n) is 4.16. The molecule has 3 rings (SSSR count). The molecule has 1 amide bonds. The van der Waals surface area contributed by atoms with Crippen LogP contribution in [-0.2, 0) is 10.2 Å². The van der Waals surface area contributed by atoms with E-state index in [9.17, 15) is 4.79 Å². The summed E-state index contributed by atoms with van der Waals surface area (Å²) in [7, 11) is 0. The van der Waals surface area contributed by atoms with Crippen LogP contribution in [0.15, 0.2) is 36.5 Å². The molecule has 3 N–H and O–H groups in total. The fraction of sp³-hybridized carbons (Fsp3) is 0.250. The smallest absolute Gasteiger partial charge is 0.235 e. The number of pyridine rings is 1. The lowest BCUT2D eigenvalue weighted by atomic mass is 9.64. The van der Waals surface area contributed by atoms with Crippen molar-refractivity contribution in [2.75, 3.05) is 11.1 Å². The minimum absolute atomic E-state index is 0.0521. The molecule has 4 nitrogen and oxygen atoms in total. The fourth-order valence-electron chi connectivity index (χ4n) is 2.70. The van der Waals surface area contributed by atoms with Gasteiger partial charge in [-0.1, -0.05) is 35.7 Å². The van der Waals surface area contributed by atoms with Crippen molar-refractivity contribution < 1.29 is 4.79 Å². The predicted octanol–water partition coefficient (Wildman–Crippen LogP) is 4.03. The quantitative estimate of drug-likeness (QED) is 0.889. The van der Waals surface area contributed by atoms with Crippen LogP contribution >= 0.6 is 23.2 Å². The minimum atomic E-state index is -0.546. The van der Waals surface area contributed by atoms with Crippen molar-refractivity contribution in [2.24, 2.45) is 0 Å². The topological polar surface area (TPSA) is 68.0 Å². The van der Waals surface area contributed by atoms with E-state index in [1.165, 1.54) is 0 Å². The van der Waals surface area contributed by atoms with Crippen LogP contribution in [-0.4, -0.2) is 10.9 Å². The zero-order chi connectivity index (χ0) is 15.7. The summed E-state index contributed by atoms with van der Waals surface area (Å²) in [5, 5.41) is 3.87. The highest BCUT2D eigenvalue weighted by molar-refractivity contribution is 6.42. The van der Waals surface area contributed by atoms with Gasteiger partial charge in [0.25, 0.3) is 0 Å². The first-order valence-electron chi connectivity index (χ1n) is 7.00. The fourth-order valence-corrected chi connectivity index (χ4v) is 3.00. The summed E-state index contributed by atoms with van der Waals surface area (Å²) in [6.07, 6.45) is 4.14. The second-order valence-electron chi connectivity index (χ2n) is 5.49. The Morgan fingerprint density at radius 2 is 1.95 bits per heavy atom. The van der Waals surface area contributed by atoms with Gasteiger partial charge >= 0.3 is 0 Å². The van der Waals surface area contributed by atoms with Crippen LogP contribution in [0.25, 0.3) is 0 Å². The number of halogens is 2. The number of carbonyl (C=O) groups excluding carboxylic acids is 1. The second-order valence-corrected chi connectivity index (χ2v) is 6.30. The van der Waals surface area contributed by atoms with Crippen molar-refractivity contribution in [1.82, 2.24) is 4.98 Å². The van der Waals surface area contributed by atoms with Gasteiger partial charge in [-0.3, -0.25) is 4.79 Å². The zero-order valence-electron chi connectivity index (χ0n) is 11.8. The van der Waals surface area contributed by atoms with Gasteiger partial charge < -0.3 is 11.1 Å². The highest BCUT2D eigenvalue weighted by atomic mass is 35.5. The number of carbonyl (C=O) groups is 1. The van der Waals surface area contributed by atoms with Crippen LogP contribution in [0.1, 0.15) is 24.8 Å².